The number of halogens is 1. The third-order valence-corrected chi connectivity index (χ3v) is 3.36. The molecule has 1 aromatic rings. The first-order chi connectivity index (χ1) is 7.72. The molecule has 1 aliphatic rings. The van der Waals surface area contributed by atoms with E-state index in [1.807, 2.05) is 4.90 Å². The van der Waals surface area contributed by atoms with E-state index in [-0.39, 0.29) is 11.9 Å². The van der Waals surface area contributed by atoms with Crippen molar-refractivity contribution < 1.29 is 4.39 Å². The fourth-order valence-corrected chi connectivity index (χ4v) is 2.28. The van der Waals surface area contributed by atoms with E-state index in [9.17, 15) is 4.39 Å². The summed E-state index contributed by atoms with van der Waals surface area (Å²) in [5, 5.41) is 0. The molecule has 1 aromatic heterocycles. The maximum atomic E-state index is 13.6. The summed E-state index contributed by atoms with van der Waals surface area (Å²) in [6.07, 6.45) is 3.58. The van der Waals surface area contributed by atoms with Crippen molar-refractivity contribution in [3.05, 3.63) is 24.1 Å². The Balaban J connectivity index is 2.14. The molecule has 2 atom stereocenters. The molecule has 0 amide bonds. The largest absolute Gasteiger partial charge is 0.354 e. The van der Waals surface area contributed by atoms with Gasteiger partial charge in [-0.25, -0.2) is 9.37 Å². The van der Waals surface area contributed by atoms with Gasteiger partial charge in [0.15, 0.2) is 11.6 Å². The summed E-state index contributed by atoms with van der Waals surface area (Å²) in [5.74, 6) is 0.663. The normalized spacial score (nSPS) is 25.8. The minimum Gasteiger partial charge on any atom is -0.354 e. The number of aromatic nitrogens is 1. The Morgan fingerprint density at radius 2 is 2.44 bits per heavy atom. The van der Waals surface area contributed by atoms with Gasteiger partial charge < -0.3 is 10.6 Å². The fourth-order valence-electron chi connectivity index (χ4n) is 2.28. The number of nitrogens with two attached hydrogens (primary N) is 1. The van der Waals surface area contributed by atoms with E-state index in [4.69, 9.17) is 5.73 Å². The van der Waals surface area contributed by atoms with Crippen LogP contribution in [0, 0.1) is 11.7 Å². The lowest BCUT2D eigenvalue weighted by molar-refractivity contribution is 0.344. The van der Waals surface area contributed by atoms with Gasteiger partial charge in [0.05, 0.1) is 0 Å². The quantitative estimate of drug-likeness (QED) is 0.831. The molecule has 88 valence electrons. The van der Waals surface area contributed by atoms with E-state index in [0.29, 0.717) is 11.7 Å². The fraction of sp³-hybridized carbons (Fsp3) is 0.583. The zero-order valence-corrected chi connectivity index (χ0v) is 9.56. The topological polar surface area (TPSA) is 42.2 Å². The lowest BCUT2D eigenvalue weighted by Crippen LogP contribution is -2.47. The first kappa shape index (κ1) is 11.3. The van der Waals surface area contributed by atoms with Gasteiger partial charge in [-0.2, -0.15) is 0 Å². The minimum absolute atomic E-state index is 0.243. The third kappa shape index (κ3) is 2.16. The first-order valence-corrected chi connectivity index (χ1v) is 5.83. The van der Waals surface area contributed by atoms with E-state index in [2.05, 4.69) is 11.9 Å². The van der Waals surface area contributed by atoms with Gasteiger partial charge in [0.2, 0.25) is 0 Å². The standard InChI is InChI=1S/C12H18FN3/c1-2-9-8-16(7-5-11(9)14)12-10(13)4-3-6-15-12/h3-4,6,9,11H,2,5,7-8,14H2,1H3. The molecule has 3 nitrogen and oxygen atoms in total. The van der Waals surface area contributed by atoms with Gasteiger partial charge in [-0.15, -0.1) is 0 Å². The monoisotopic (exact) mass is 223 g/mol. The van der Waals surface area contributed by atoms with Crippen LogP contribution in [0.3, 0.4) is 0 Å². The lowest BCUT2D eigenvalue weighted by atomic mass is 9.91. The number of hydrogen-bond acceptors (Lipinski definition) is 3. The van der Waals surface area contributed by atoms with Crippen LogP contribution in [0.5, 0.6) is 0 Å². The summed E-state index contributed by atoms with van der Waals surface area (Å²) in [6.45, 7) is 3.74. The molecule has 0 radical (unpaired) electrons. The first-order valence-electron chi connectivity index (χ1n) is 5.83. The van der Waals surface area contributed by atoms with Gasteiger partial charge in [0.1, 0.15) is 0 Å². The van der Waals surface area contributed by atoms with Crippen LogP contribution in [0.25, 0.3) is 0 Å². The Morgan fingerprint density at radius 3 is 3.12 bits per heavy atom. The van der Waals surface area contributed by atoms with E-state index >= 15 is 0 Å². The molecular weight excluding hydrogens is 205 g/mol. The smallest absolute Gasteiger partial charge is 0.165 e. The number of hydrogen-bond donors (Lipinski definition) is 1. The van der Waals surface area contributed by atoms with Gasteiger partial charge in [-0.1, -0.05) is 13.3 Å². The summed E-state index contributed by atoms with van der Waals surface area (Å²) >= 11 is 0. The molecule has 2 heterocycles. The highest BCUT2D eigenvalue weighted by atomic mass is 19.1. The van der Waals surface area contributed by atoms with E-state index in [1.165, 1.54) is 6.07 Å². The van der Waals surface area contributed by atoms with Gasteiger partial charge in [0, 0.05) is 25.3 Å². The van der Waals surface area contributed by atoms with Crippen LogP contribution in [0.1, 0.15) is 19.8 Å². The minimum atomic E-state index is -0.243. The zero-order valence-electron chi connectivity index (χ0n) is 9.56. The number of piperidine rings is 1. The maximum absolute atomic E-state index is 13.6. The second-order valence-corrected chi connectivity index (χ2v) is 4.38. The average molecular weight is 223 g/mol. The number of anilines is 1. The van der Waals surface area contributed by atoms with Crippen LogP contribution in [-0.4, -0.2) is 24.1 Å². The van der Waals surface area contributed by atoms with Crippen LogP contribution >= 0.6 is 0 Å². The molecule has 1 fully saturated rings. The van der Waals surface area contributed by atoms with Gasteiger partial charge in [0.25, 0.3) is 0 Å². The van der Waals surface area contributed by atoms with Crippen LogP contribution in [0.2, 0.25) is 0 Å². The summed E-state index contributed by atoms with van der Waals surface area (Å²) in [6, 6.07) is 3.32. The molecule has 2 rings (SSSR count). The van der Waals surface area contributed by atoms with Crippen molar-refractivity contribution in [2.45, 2.75) is 25.8 Å². The molecule has 1 saturated heterocycles. The number of pyridine rings is 1. The predicted octanol–water partition coefficient (Wildman–Crippen LogP) is 1.78. The Bertz CT molecular complexity index is 356. The summed E-state index contributed by atoms with van der Waals surface area (Å²) in [5.41, 5.74) is 6.03. The summed E-state index contributed by atoms with van der Waals surface area (Å²) < 4.78 is 13.6. The van der Waals surface area contributed by atoms with Crippen LogP contribution in [0.4, 0.5) is 10.2 Å². The maximum Gasteiger partial charge on any atom is 0.165 e. The van der Waals surface area contributed by atoms with Crippen molar-refractivity contribution >= 4 is 5.82 Å². The lowest BCUT2D eigenvalue weighted by Gasteiger charge is -2.37. The molecule has 0 saturated carbocycles. The SMILES string of the molecule is CCC1CN(c2ncccc2F)CCC1N. The van der Waals surface area contributed by atoms with Gasteiger partial charge in [-0.3, -0.25) is 0 Å². The zero-order chi connectivity index (χ0) is 11.5. The molecule has 0 aromatic carbocycles. The van der Waals surface area contributed by atoms with Crippen LogP contribution < -0.4 is 10.6 Å². The Labute approximate surface area is 95.5 Å². The molecule has 0 spiro atoms. The van der Waals surface area contributed by atoms with Crippen molar-refractivity contribution in [1.82, 2.24) is 4.98 Å². The van der Waals surface area contributed by atoms with Crippen molar-refractivity contribution in [2.75, 3.05) is 18.0 Å². The Kier molecular flexibility index (Phi) is 3.39. The van der Waals surface area contributed by atoms with E-state index in [0.717, 1.165) is 25.9 Å². The molecule has 0 bridgehead atoms. The number of rotatable bonds is 2. The van der Waals surface area contributed by atoms with Crippen molar-refractivity contribution in [1.29, 1.82) is 0 Å². The Morgan fingerprint density at radius 1 is 1.62 bits per heavy atom. The molecule has 1 aliphatic heterocycles. The van der Waals surface area contributed by atoms with Crippen molar-refractivity contribution in [3.63, 3.8) is 0 Å². The van der Waals surface area contributed by atoms with E-state index in [1.54, 1.807) is 12.3 Å². The molecule has 2 N–H and O–H groups in total. The molecule has 4 heteroatoms. The molecule has 16 heavy (non-hydrogen) atoms. The highest BCUT2D eigenvalue weighted by Gasteiger charge is 2.27. The van der Waals surface area contributed by atoms with Crippen LogP contribution in [-0.2, 0) is 0 Å². The molecule has 2 unspecified atom stereocenters. The molecular formula is C12H18FN3. The van der Waals surface area contributed by atoms with Crippen molar-refractivity contribution in [2.24, 2.45) is 11.7 Å². The van der Waals surface area contributed by atoms with Gasteiger partial charge in [-0.05, 0) is 24.5 Å². The van der Waals surface area contributed by atoms with Crippen LogP contribution in [0.15, 0.2) is 18.3 Å². The Hall–Kier alpha value is -1.16. The van der Waals surface area contributed by atoms with E-state index < -0.39 is 0 Å². The highest BCUT2D eigenvalue weighted by molar-refractivity contribution is 5.40. The summed E-state index contributed by atoms with van der Waals surface area (Å²) in [4.78, 5) is 6.11. The van der Waals surface area contributed by atoms with Gasteiger partial charge >= 0.3 is 0 Å². The number of nitrogens with zero attached hydrogens (tertiary/aromatic N) is 2. The van der Waals surface area contributed by atoms with Crippen molar-refractivity contribution in [3.8, 4) is 0 Å². The predicted molar refractivity (Wildman–Crippen MR) is 62.8 cm³/mol. The second kappa shape index (κ2) is 4.78. The average Bonchev–Trinajstić information content (AvgIpc) is 2.31. The highest BCUT2D eigenvalue weighted by Crippen LogP contribution is 2.24. The third-order valence-electron chi connectivity index (χ3n) is 3.36. The molecule has 0 aliphatic carbocycles. The summed E-state index contributed by atoms with van der Waals surface area (Å²) in [7, 11) is 0. The second-order valence-electron chi connectivity index (χ2n) is 4.38.